The summed E-state index contributed by atoms with van der Waals surface area (Å²) in [6.07, 6.45) is 6.68. The van der Waals surface area contributed by atoms with Crippen molar-refractivity contribution in [3.8, 4) is 11.5 Å². The van der Waals surface area contributed by atoms with Crippen LogP contribution < -0.4 is 4.74 Å². The number of hydrogen-bond donors (Lipinski definition) is 1. The van der Waals surface area contributed by atoms with Crippen molar-refractivity contribution in [3.63, 3.8) is 0 Å². The SMILES string of the molecule is CC(C)C(C(=O)O)(C(C)C=C(Cl)Cl)C(c1cccc(Oc2ccccc2)c1)C1C=CC1. The first-order valence-corrected chi connectivity index (χ1v) is 11.3. The van der Waals surface area contributed by atoms with Crippen LogP contribution in [0.4, 0.5) is 0 Å². The van der Waals surface area contributed by atoms with E-state index in [0.29, 0.717) is 5.75 Å². The number of carboxylic acid groups (broad SMARTS) is 1. The highest BCUT2D eigenvalue weighted by molar-refractivity contribution is 6.55. The van der Waals surface area contributed by atoms with E-state index in [4.69, 9.17) is 27.9 Å². The molecule has 3 rings (SSSR count). The Labute approximate surface area is 194 Å². The minimum atomic E-state index is -1.10. The fourth-order valence-corrected chi connectivity index (χ4v) is 5.26. The van der Waals surface area contributed by atoms with Crippen molar-refractivity contribution in [1.82, 2.24) is 0 Å². The Kier molecular flexibility index (Phi) is 7.51. The van der Waals surface area contributed by atoms with Gasteiger partial charge < -0.3 is 9.84 Å². The number of allylic oxidation sites excluding steroid dienone is 3. The number of carboxylic acids is 1. The predicted octanol–water partition coefficient (Wildman–Crippen LogP) is 7.82. The summed E-state index contributed by atoms with van der Waals surface area (Å²) in [6.45, 7) is 5.80. The van der Waals surface area contributed by atoms with E-state index in [-0.39, 0.29) is 28.2 Å². The van der Waals surface area contributed by atoms with Crippen LogP contribution in [0.25, 0.3) is 0 Å². The molecule has 0 aromatic heterocycles. The van der Waals surface area contributed by atoms with Crippen LogP contribution in [0.15, 0.2) is 77.3 Å². The smallest absolute Gasteiger partial charge is 0.311 e. The molecule has 3 nitrogen and oxygen atoms in total. The van der Waals surface area contributed by atoms with Gasteiger partial charge in [0.2, 0.25) is 0 Å². The number of para-hydroxylation sites is 1. The minimum Gasteiger partial charge on any atom is -0.481 e. The summed E-state index contributed by atoms with van der Waals surface area (Å²) in [7, 11) is 0. The van der Waals surface area contributed by atoms with E-state index in [1.807, 2.05) is 75.4 Å². The third-order valence-corrected chi connectivity index (χ3v) is 6.64. The molecule has 2 aromatic rings. The summed E-state index contributed by atoms with van der Waals surface area (Å²) in [5.41, 5.74) is -0.166. The van der Waals surface area contributed by atoms with Gasteiger partial charge in [-0.1, -0.05) is 92.5 Å². The Balaban J connectivity index is 2.12. The van der Waals surface area contributed by atoms with Gasteiger partial charge in [0.15, 0.2) is 0 Å². The Morgan fingerprint density at radius 1 is 1.10 bits per heavy atom. The highest BCUT2D eigenvalue weighted by Crippen LogP contribution is 2.55. The Morgan fingerprint density at radius 3 is 2.26 bits per heavy atom. The molecule has 0 saturated heterocycles. The van der Waals surface area contributed by atoms with Gasteiger partial charge in [0.1, 0.15) is 16.0 Å². The van der Waals surface area contributed by atoms with E-state index in [1.165, 1.54) is 0 Å². The molecule has 1 aliphatic carbocycles. The van der Waals surface area contributed by atoms with Crippen molar-refractivity contribution in [3.05, 3.63) is 82.9 Å². The van der Waals surface area contributed by atoms with Gasteiger partial charge in [0.25, 0.3) is 0 Å². The second-order valence-electron chi connectivity index (χ2n) is 8.43. The zero-order valence-corrected chi connectivity index (χ0v) is 19.5. The first-order valence-electron chi connectivity index (χ1n) is 10.5. The van der Waals surface area contributed by atoms with Crippen molar-refractivity contribution < 1.29 is 14.6 Å². The number of rotatable bonds is 9. The molecule has 31 heavy (non-hydrogen) atoms. The summed E-state index contributed by atoms with van der Waals surface area (Å²) in [5, 5.41) is 10.6. The number of aliphatic carboxylic acids is 1. The lowest BCUT2D eigenvalue weighted by molar-refractivity contribution is -0.158. The standard InChI is InChI=1S/C26H28Cl2O3/c1-17(2)26(25(29)30,18(3)15-23(27)28)24(19-9-7-10-19)20-11-8-14-22(16-20)31-21-12-5-4-6-13-21/h4-9,11-19,24H,10H2,1-3H3,(H,29,30). The van der Waals surface area contributed by atoms with Crippen molar-refractivity contribution in [1.29, 1.82) is 0 Å². The lowest BCUT2D eigenvalue weighted by Gasteiger charge is -2.48. The Hall–Kier alpha value is -2.23. The average Bonchev–Trinajstić information content (AvgIpc) is 2.66. The van der Waals surface area contributed by atoms with Crippen LogP contribution in [-0.2, 0) is 4.79 Å². The number of hydrogen-bond acceptors (Lipinski definition) is 2. The summed E-state index contributed by atoms with van der Waals surface area (Å²) < 4.78 is 6.13. The molecule has 5 heteroatoms. The van der Waals surface area contributed by atoms with Gasteiger partial charge in [-0.3, -0.25) is 4.79 Å². The predicted molar refractivity (Wildman–Crippen MR) is 127 cm³/mol. The molecule has 0 spiro atoms. The maximum atomic E-state index is 13.0. The number of halogens is 2. The van der Waals surface area contributed by atoms with Crippen LogP contribution in [-0.4, -0.2) is 11.1 Å². The Morgan fingerprint density at radius 2 is 1.74 bits per heavy atom. The molecule has 4 atom stereocenters. The molecule has 0 aliphatic heterocycles. The maximum absolute atomic E-state index is 13.0. The molecule has 0 amide bonds. The van der Waals surface area contributed by atoms with E-state index >= 15 is 0 Å². The fourth-order valence-electron chi connectivity index (χ4n) is 4.88. The summed E-state index contributed by atoms with van der Waals surface area (Å²) >= 11 is 12.0. The van der Waals surface area contributed by atoms with E-state index in [9.17, 15) is 9.90 Å². The van der Waals surface area contributed by atoms with Gasteiger partial charge in [-0.15, -0.1) is 0 Å². The van der Waals surface area contributed by atoms with Crippen LogP contribution in [0.2, 0.25) is 0 Å². The number of carbonyl (C=O) groups is 1. The summed E-state index contributed by atoms with van der Waals surface area (Å²) in [5.74, 6) is -0.143. The largest absolute Gasteiger partial charge is 0.481 e. The molecule has 0 radical (unpaired) electrons. The zero-order valence-electron chi connectivity index (χ0n) is 18.0. The topological polar surface area (TPSA) is 46.5 Å². The van der Waals surface area contributed by atoms with E-state index in [1.54, 1.807) is 6.08 Å². The second kappa shape index (κ2) is 9.93. The van der Waals surface area contributed by atoms with Crippen molar-refractivity contribution in [2.45, 2.75) is 33.1 Å². The molecular weight excluding hydrogens is 431 g/mol. The first kappa shape index (κ1) is 23.4. The van der Waals surface area contributed by atoms with E-state index in [0.717, 1.165) is 17.7 Å². The van der Waals surface area contributed by atoms with Gasteiger partial charge in [-0.05, 0) is 54.0 Å². The molecule has 0 saturated carbocycles. The van der Waals surface area contributed by atoms with Crippen LogP contribution >= 0.6 is 23.2 Å². The summed E-state index contributed by atoms with van der Waals surface area (Å²) in [6, 6.07) is 17.3. The van der Waals surface area contributed by atoms with Gasteiger partial charge >= 0.3 is 5.97 Å². The third-order valence-electron chi connectivity index (χ3n) is 6.39. The quantitative estimate of drug-likeness (QED) is 0.389. The van der Waals surface area contributed by atoms with Gasteiger partial charge in [0.05, 0.1) is 5.41 Å². The van der Waals surface area contributed by atoms with Crippen molar-refractivity contribution in [2.24, 2.45) is 23.2 Å². The zero-order chi connectivity index (χ0) is 22.6. The van der Waals surface area contributed by atoms with Gasteiger partial charge in [-0.2, -0.15) is 0 Å². The summed E-state index contributed by atoms with van der Waals surface area (Å²) in [4.78, 5) is 13.0. The average molecular weight is 459 g/mol. The highest BCUT2D eigenvalue weighted by Gasteiger charge is 2.54. The minimum absolute atomic E-state index is 0.0860. The maximum Gasteiger partial charge on any atom is 0.311 e. The fraction of sp³-hybridized carbons (Fsp3) is 0.346. The Bertz CT molecular complexity index is 964. The van der Waals surface area contributed by atoms with E-state index < -0.39 is 11.4 Å². The molecule has 0 bridgehead atoms. The van der Waals surface area contributed by atoms with Crippen molar-refractivity contribution >= 4 is 29.2 Å². The third kappa shape index (κ3) is 4.83. The molecule has 1 aliphatic rings. The van der Waals surface area contributed by atoms with Crippen molar-refractivity contribution in [2.75, 3.05) is 0 Å². The van der Waals surface area contributed by atoms with Gasteiger partial charge in [0, 0.05) is 5.92 Å². The molecule has 1 N–H and O–H groups in total. The first-order chi connectivity index (χ1) is 14.8. The van der Waals surface area contributed by atoms with Crippen LogP contribution in [0.3, 0.4) is 0 Å². The molecule has 0 fully saturated rings. The molecule has 2 aromatic carbocycles. The number of ether oxygens (including phenoxy) is 1. The second-order valence-corrected chi connectivity index (χ2v) is 9.44. The number of benzene rings is 2. The normalized spacial score (nSPS) is 19.1. The lowest BCUT2D eigenvalue weighted by Crippen LogP contribution is -2.49. The lowest BCUT2D eigenvalue weighted by atomic mass is 9.54. The van der Waals surface area contributed by atoms with Crippen LogP contribution in [0.5, 0.6) is 11.5 Å². The molecular formula is C26H28Cl2O3. The molecule has 0 heterocycles. The highest BCUT2D eigenvalue weighted by atomic mass is 35.5. The van der Waals surface area contributed by atoms with Crippen LogP contribution in [0, 0.1) is 23.2 Å². The van der Waals surface area contributed by atoms with Gasteiger partial charge in [-0.25, -0.2) is 0 Å². The molecule has 164 valence electrons. The van der Waals surface area contributed by atoms with Crippen LogP contribution in [0.1, 0.15) is 38.7 Å². The molecule has 4 unspecified atom stereocenters. The van der Waals surface area contributed by atoms with E-state index in [2.05, 4.69) is 12.2 Å². The monoisotopic (exact) mass is 458 g/mol.